The third-order valence-electron chi connectivity index (χ3n) is 4.66. The molecule has 198 valence electrons. The number of carbonyl (C=O) groups excluding carboxylic acids is 2. The first-order chi connectivity index (χ1) is 17.9. The first-order valence-corrected chi connectivity index (χ1v) is 12.4. The molecule has 10 nitrogen and oxygen atoms in total. The lowest BCUT2D eigenvalue weighted by Gasteiger charge is -2.23. The van der Waals surface area contributed by atoms with Gasteiger partial charge in [0.05, 0.1) is 32.0 Å². The van der Waals surface area contributed by atoms with Crippen molar-refractivity contribution in [2.45, 2.75) is 19.9 Å². The summed E-state index contributed by atoms with van der Waals surface area (Å²) in [5, 5.41) is 12.4. The van der Waals surface area contributed by atoms with Crippen LogP contribution in [-0.4, -0.2) is 57.1 Å². The fraction of sp³-hybridized carbons (Fsp3) is 0.360. The van der Waals surface area contributed by atoms with E-state index in [0.717, 1.165) is 11.8 Å². The molecule has 1 atom stereocenters. The Morgan fingerprint density at radius 2 is 1.81 bits per heavy atom. The third kappa shape index (κ3) is 8.88. The van der Waals surface area contributed by atoms with Crippen LogP contribution < -0.4 is 14.8 Å². The number of hydrogen-bond donors (Lipinski definition) is 1. The lowest BCUT2D eigenvalue weighted by molar-refractivity contribution is 0.0491. The summed E-state index contributed by atoms with van der Waals surface area (Å²) in [6, 6.07) is 10.4. The maximum absolute atomic E-state index is 15.8. The summed E-state index contributed by atoms with van der Waals surface area (Å²) < 4.78 is 41.1. The van der Waals surface area contributed by atoms with Crippen LogP contribution >= 0.6 is 11.8 Å². The SMILES string of the molecule is CCOC(=O)/N=C(\SC)C(Nc1ccc(C#N)cc1)c1cc(OC)cc(OCCOC(=O)OCC)c1F. The number of methoxy groups -OCH3 is 1. The average Bonchev–Trinajstić information content (AvgIpc) is 2.90. The predicted octanol–water partition coefficient (Wildman–Crippen LogP) is 5.33. The van der Waals surface area contributed by atoms with Crippen molar-refractivity contribution in [3.63, 3.8) is 0 Å². The molecule has 12 heteroatoms. The second-order valence-electron chi connectivity index (χ2n) is 7.03. The van der Waals surface area contributed by atoms with E-state index in [0.29, 0.717) is 11.3 Å². The zero-order chi connectivity index (χ0) is 27.2. The number of carbonyl (C=O) groups is 2. The summed E-state index contributed by atoms with van der Waals surface area (Å²) in [6.45, 7) is 3.25. The molecule has 37 heavy (non-hydrogen) atoms. The number of ether oxygens (including phenoxy) is 5. The van der Waals surface area contributed by atoms with Gasteiger partial charge in [0.25, 0.3) is 0 Å². The standard InChI is InChI=1S/C25H28FN3O7S/c1-5-33-24(30)29-23(37-4)22(28-17-9-7-16(15-27)8-10-17)19-13-18(32-3)14-20(21(19)26)35-11-12-36-25(31)34-6-2/h7-10,13-14,22,28H,5-6,11-12H2,1-4H3/b29-23-. The molecular formula is C25H28FN3O7S. The lowest BCUT2D eigenvalue weighted by Crippen LogP contribution is -2.22. The van der Waals surface area contributed by atoms with Crippen LogP contribution in [0.3, 0.4) is 0 Å². The van der Waals surface area contributed by atoms with Crippen LogP contribution in [0.2, 0.25) is 0 Å². The van der Waals surface area contributed by atoms with Crippen LogP contribution in [0, 0.1) is 17.1 Å². The molecule has 0 fully saturated rings. The summed E-state index contributed by atoms with van der Waals surface area (Å²) in [4.78, 5) is 27.5. The fourth-order valence-corrected chi connectivity index (χ4v) is 3.60. The van der Waals surface area contributed by atoms with Crippen LogP contribution in [0.15, 0.2) is 41.4 Å². The van der Waals surface area contributed by atoms with E-state index in [1.807, 2.05) is 6.07 Å². The van der Waals surface area contributed by atoms with Gasteiger partial charge in [-0.2, -0.15) is 10.3 Å². The van der Waals surface area contributed by atoms with Gasteiger partial charge in [-0.15, -0.1) is 11.8 Å². The van der Waals surface area contributed by atoms with Crippen molar-refractivity contribution < 1.29 is 37.7 Å². The molecule has 0 aliphatic carbocycles. The van der Waals surface area contributed by atoms with Gasteiger partial charge in [-0.3, -0.25) is 0 Å². The Bertz CT molecular complexity index is 1140. The van der Waals surface area contributed by atoms with Crippen molar-refractivity contribution in [3.05, 3.63) is 53.3 Å². The summed E-state index contributed by atoms with van der Waals surface area (Å²) >= 11 is 1.13. The number of anilines is 1. The number of hydrogen-bond acceptors (Lipinski definition) is 10. The maximum atomic E-state index is 15.8. The van der Waals surface area contributed by atoms with Crippen molar-refractivity contribution in [3.8, 4) is 17.6 Å². The van der Waals surface area contributed by atoms with Crippen LogP contribution in [0.5, 0.6) is 11.5 Å². The number of amides is 1. The smallest absolute Gasteiger partial charge is 0.497 e. The Balaban J connectivity index is 2.46. The molecule has 0 heterocycles. The Morgan fingerprint density at radius 3 is 2.41 bits per heavy atom. The molecule has 0 radical (unpaired) electrons. The van der Waals surface area contributed by atoms with Gasteiger partial charge in [0.15, 0.2) is 11.6 Å². The molecular weight excluding hydrogens is 505 g/mol. The number of halogens is 1. The highest BCUT2D eigenvalue weighted by atomic mass is 32.2. The number of rotatable bonds is 11. The monoisotopic (exact) mass is 533 g/mol. The van der Waals surface area contributed by atoms with Gasteiger partial charge in [0, 0.05) is 17.3 Å². The normalized spacial score (nSPS) is 11.6. The summed E-state index contributed by atoms with van der Waals surface area (Å²) in [5.41, 5.74) is 1.06. The van der Waals surface area contributed by atoms with Crippen LogP contribution in [-0.2, 0) is 14.2 Å². The highest BCUT2D eigenvalue weighted by molar-refractivity contribution is 8.13. The summed E-state index contributed by atoms with van der Waals surface area (Å²) in [7, 11) is 1.41. The zero-order valence-corrected chi connectivity index (χ0v) is 21.7. The second kappa shape index (κ2) is 15.2. The molecule has 2 aromatic rings. The molecule has 1 N–H and O–H groups in total. The van der Waals surface area contributed by atoms with Gasteiger partial charge < -0.3 is 29.0 Å². The van der Waals surface area contributed by atoms with E-state index in [1.54, 1.807) is 44.4 Å². The Morgan fingerprint density at radius 1 is 1.11 bits per heavy atom. The molecule has 1 amide bonds. The highest BCUT2D eigenvalue weighted by Crippen LogP contribution is 2.35. The van der Waals surface area contributed by atoms with E-state index >= 15 is 4.39 Å². The van der Waals surface area contributed by atoms with Gasteiger partial charge in [0.2, 0.25) is 0 Å². The quantitative estimate of drug-likeness (QED) is 0.175. The minimum atomic E-state index is -0.958. The number of nitrogens with zero attached hydrogens (tertiary/aromatic N) is 2. The molecule has 0 aliphatic rings. The van der Waals surface area contributed by atoms with Crippen LogP contribution in [0.25, 0.3) is 0 Å². The van der Waals surface area contributed by atoms with Gasteiger partial charge >= 0.3 is 12.2 Å². The molecule has 2 aromatic carbocycles. The second-order valence-corrected chi connectivity index (χ2v) is 7.85. The first-order valence-electron chi connectivity index (χ1n) is 11.2. The molecule has 1 unspecified atom stereocenters. The van der Waals surface area contributed by atoms with E-state index in [1.165, 1.54) is 19.2 Å². The molecule has 0 spiro atoms. The molecule has 0 saturated carbocycles. The summed E-state index contributed by atoms with van der Waals surface area (Å²) in [5.74, 6) is -0.625. The zero-order valence-electron chi connectivity index (χ0n) is 20.9. The Labute approximate surface area is 218 Å². The average molecular weight is 534 g/mol. The van der Waals surface area contributed by atoms with E-state index in [9.17, 15) is 9.59 Å². The minimum absolute atomic E-state index is 0.0717. The van der Waals surface area contributed by atoms with Crippen molar-refractivity contribution in [1.82, 2.24) is 0 Å². The van der Waals surface area contributed by atoms with E-state index < -0.39 is 24.1 Å². The largest absolute Gasteiger partial charge is 0.508 e. The van der Waals surface area contributed by atoms with Gasteiger partial charge in [-0.25, -0.2) is 14.0 Å². The number of thioether (sulfide) groups is 1. The molecule has 0 saturated heterocycles. The van der Waals surface area contributed by atoms with Crippen molar-refractivity contribution in [1.29, 1.82) is 5.26 Å². The number of nitrogens with one attached hydrogen (secondary N) is 1. The maximum Gasteiger partial charge on any atom is 0.508 e. The van der Waals surface area contributed by atoms with E-state index in [4.69, 9.17) is 24.2 Å². The van der Waals surface area contributed by atoms with Gasteiger partial charge in [-0.1, -0.05) is 0 Å². The van der Waals surface area contributed by atoms with Crippen molar-refractivity contribution in [2.75, 3.05) is 45.1 Å². The number of aliphatic imine (C=N–C) groups is 1. The Hall–Kier alpha value is -3.98. The summed E-state index contributed by atoms with van der Waals surface area (Å²) in [6.07, 6.45) is 0.00650. The molecule has 2 rings (SSSR count). The third-order valence-corrected chi connectivity index (χ3v) is 5.41. The lowest BCUT2D eigenvalue weighted by atomic mass is 10.0. The van der Waals surface area contributed by atoms with E-state index in [-0.39, 0.29) is 48.5 Å². The first kappa shape index (κ1) is 29.3. The molecule has 0 bridgehead atoms. The Kier molecular flexibility index (Phi) is 12.0. The predicted molar refractivity (Wildman–Crippen MR) is 137 cm³/mol. The number of benzene rings is 2. The van der Waals surface area contributed by atoms with Crippen LogP contribution in [0.4, 0.5) is 19.7 Å². The van der Waals surface area contributed by atoms with E-state index in [2.05, 4.69) is 15.0 Å². The molecule has 0 aromatic heterocycles. The topological polar surface area (TPSA) is 128 Å². The van der Waals surface area contributed by atoms with Gasteiger partial charge in [-0.05, 0) is 50.4 Å². The van der Waals surface area contributed by atoms with Crippen molar-refractivity contribution >= 4 is 34.7 Å². The fourth-order valence-electron chi connectivity index (χ4n) is 3.02. The molecule has 0 aliphatic heterocycles. The van der Waals surface area contributed by atoms with Crippen LogP contribution in [0.1, 0.15) is 31.0 Å². The van der Waals surface area contributed by atoms with Crippen molar-refractivity contribution in [2.24, 2.45) is 4.99 Å². The minimum Gasteiger partial charge on any atom is -0.497 e. The highest BCUT2D eigenvalue weighted by Gasteiger charge is 2.26. The number of nitriles is 1. The van der Waals surface area contributed by atoms with Gasteiger partial charge in [0.1, 0.15) is 30.0 Å².